The van der Waals surface area contributed by atoms with E-state index in [1.165, 1.54) is 16.7 Å². The van der Waals surface area contributed by atoms with Gasteiger partial charge in [-0.1, -0.05) is 12.1 Å². The number of nitrogens with two attached hydrogens (primary N) is 1. The number of rotatable bonds is 5. The van der Waals surface area contributed by atoms with Crippen LogP contribution in [0.4, 0.5) is 4.39 Å². The lowest BCUT2D eigenvalue weighted by Crippen LogP contribution is -2.40. The largest absolute Gasteiger partial charge is 0.506 e. The summed E-state index contributed by atoms with van der Waals surface area (Å²) in [5, 5.41) is 10.8. The number of amides is 1. The molecule has 0 atom stereocenters. The molecule has 3 heterocycles. The molecule has 4 rings (SSSR count). The summed E-state index contributed by atoms with van der Waals surface area (Å²) in [6.07, 6.45) is 1.55. The zero-order valence-corrected chi connectivity index (χ0v) is 16.2. The van der Waals surface area contributed by atoms with Crippen molar-refractivity contribution in [2.75, 3.05) is 32.8 Å². The fourth-order valence-corrected chi connectivity index (χ4v) is 3.61. The standard InChI is InChI=1S/C21H21FN4O4/c22-15-3-1-13(2-4-15)14-11-16-18(27)17(19(23)28)21(29)26(20(16)24-12-14)6-5-25-7-9-30-10-8-25/h1-4,11-12,27H,5-10H2,(H2,23,28). The van der Waals surface area contributed by atoms with Crippen LogP contribution < -0.4 is 11.3 Å². The highest BCUT2D eigenvalue weighted by molar-refractivity contribution is 6.01. The normalized spacial score (nSPS) is 14.8. The molecule has 2 aromatic heterocycles. The number of nitrogens with zero attached hydrogens (tertiary/aromatic N) is 3. The summed E-state index contributed by atoms with van der Waals surface area (Å²) in [4.78, 5) is 31.3. The Morgan fingerprint density at radius 2 is 1.87 bits per heavy atom. The smallest absolute Gasteiger partial charge is 0.268 e. The van der Waals surface area contributed by atoms with Gasteiger partial charge in [-0.05, 0) is 23.8 Å². The van der Waals surface area contributed by atoms with Gasteiger partial charge in [-0.2, -0.15) is 0 Å². The van der Waals surface area contributed by atoms with Crippen LogP contribution in [0.15, 0.2) is 41.3 Å². The highest BCUT2D eigenvalue weighted by atomic mass is 19.1. The van der Waals surface area contributed by atoms with Gasteiger partial charge in [0, 0.05) is 37.9 Å². The molecular formula is C21H21FN4O4. The molecule has 1 amide bonds. The highest BCUT2D eigenvalue weighted by Crippen LogP contribution is 2.29. The van der Waals surface area contributed by atoms with Gasteiger partial charge in [0.25, 0.3) is 11.5 Å². The minimum Gasteiger partial charge on any atom is -0.506 e. The summed E-state index contributed by atoms with van der Waals surface area (Å²) in [6, 6.07) is 7.41. The van der Waals surface area contributed by atoms with Crippen molar-refractivity contribution in [3.8, 4) is 16.9 Å². The van der Waals surface area contributed by atoms with Crippen LogP contribution in [0.5, 0.6) is 5.75 Å². The number of primary amides is 1. The third kappa shape index (κ3) is 3.77. The van der Waals surface area contributed by atoms with Crippen LogP contribution >= 0.6 is 0 Å². The number of halogens is 1. The average Bonchev–Trinajstić information content (AvgIpc) is 2.74. The molecular weight excluding hydrogens is 391 g/mol. The molecule has 0 saturated carbocycles. The van der Waals surface area contributed by atoms with E-state index in [0.29, 0.717) is 30.9 Å². The van der Waals surface area contributed by atoms with Crippen LogP contribution in [0.1, 0.15) is 10.4 Å². The summed E-state index contributed by atoms with van der Waals surface area (Å²) in [5.74, 6) is -1.88. The maximum Gasteiger partial charge on any atom is 0.268 e. The van der Waals surface area contributed by atoms with Gasteiger partial charge in [-0.25, -0.2) is 9.37 Å². The molecule has 8 nitrogen and oxygen atoms in total. The molecule has 0 radical (unpaired) electrons. The monoisotopic (exact) mass is 412 g/mol. The summed E-state index contributed by atoms with van der Waals surface area (Å²) in [6.45, 7) is 3.57. The van der Waals surface area contributed by atoms with Crippen molar-refractivity contribution in [2.45, 2.75) is 6.54 Å². The molecule has 1 aromatic carbocycles. The molecule has 1 fully saturated rings. The van der Waals surface area contributed by atoms with Crippen LogP contribution in [0, 0.1) is 5.82 Å². The number of carbonyl (C=O) groups excluding carboxylic acids is 1. The molecule has 3 N–H and O–H groups in total. The Labute approximate surface area is 171 Å². The number of hydrogen-bond acceptors (Lipinski definition) is 6. The second-order valence-corrected chi connectivity index (χ2v) is 7.10. The third-order valence-electron chi connectivity index (χ3n) is 5.24. The van der Waals surface area contributed by atoms with Crippen molar-refractivity contribution in [1.82, 2.24) is 14.5 Å². The number of benzene rings is 1. The molecule has 3 aromatic rings. The van der Waals surface area contributed by atoms with Gasteiger partial charge < -0.3 is 15.6 Å². The Bertz CT molecular complexity index is 1150. The molecule has 156 valence electrons. The van der Waals surface area contributed by atoms with Gasteiger partial charge in [0.05, 0.1) is 18.6 Å². The van der Waals surface area contributed by atoms with Gasteiger partial charge in [0.2, 0.25) is 0 Å². The lowest BCUT2D eigenvalue weighted by molar-refractivity contribution is 0.0364. The number of ether oxygens (including phenoxy) is 1. The summed E-state index contributed by atoms with van der Waals surface area (Å²) >= 11 is 0. The van der Waals surface area contributed by atoms with Crippen molar-refractivity contribution >= 4 is 16.9 Å². The Balaban J connectivity index is 1.82. The number of hydrogen-bond donors (Lipinski definition) is 2. The van der Waals surface area contributed by atoms with Crippen molar-refractivity contribution in [2.24, 2.45) is 5.73 Å². The summed E-state index contributed by atoms with van der Waals surface area (Å²) in [7, 11) is 0. The minimum absolute atomic E-state index is 0.229. The zero-order valence-electron chi connectivity index (χ0n) is 16.2. The summed E-state index contributed by atoms with van der Waals surface area (Å²) in [5.41, 5.74) is 5.76. The Morgan fingerprint density at radius 3 is 2.53 bits per heavy atom. The van der Waals surface area contributed by atoms with E-state index in [1.807, 2.05) is 0 Å². The van der Waals surface area contributed by atoms with Crippen molar-refractivity contribution in [3.05, 3.63) is 58.3 Å². The van der Waals surface area contributed by atoms with Crippen LogP contribution in [0.2, 0.25) is 0 Å². The van der Waals surface area contributed by atoms with Gasteiger partial charge in [-0.3, -0.25) is 19.1 Å². The topological polar surface area (TPSA) is 111 Å². The molecule has 0 unspecified atom stereocenters. The summed E-state index contributed by atoms with van der Waals surface area (Å²) < 4.78 is 19.9. The van der Waals surface area contributed by atoms with Gasteiger partial charge >= 0.3 is 0 Å². The molecule has 0 spiro atoms. The van der Waals surface area contributed by atoms with E-state index >= 15 is 0 Å². The lowest BCUT2D eigenvalue weighted by atomic mass is 10.0. The maximum atomic E-state index is 13.2. The first-order chi connectivity index (χ1) is 14.5. The van der Waals surface area contributed by atoms with E-state index in [1.54, 1.807) is 24.4 Å². The number of pyridine rings is 2. The molecule has 0 bridgehead atoms. The molecule has 0 aliphatic carbocycles. The van der Waals surface area contributed by atoms with Crippen molar-refractivity contribution in [1.29, 1.82) is 0 Å². The number of fused-ring (bicyclic) bond motifs is 1. The van der Waals surface area contributed by atoms with E-state index in [2.05, 4.69) is 9.88 Å². The number of morpholine rings is 1. The number of aromatic nitrogens is 2. The first-order valence-corrected chi connectivity index (χ1v) is 9.57. The average molecular weight is 412 g/mol. The predicted octanol–water partition coefficient (Wildman–Crippen LogP) is 1.34. The quantitative estimate of drug-likeness (QED) is 0.654. The van der Waals surface area contributed by atoms with Crippen LogP contribution in [0.25, 0.3) is 22.2 Å². The van der Waals surface area contributed by atoms with Crippen LogP contribution in [0.3, 0.4) is 0 Å². The highest BCUT2D eigenvalue weighted by Gasteiger charge is 2.22. The van der Waals surface area contributed by atoms with Gasteiger partial charge in [0.1, 0.15) is 22.8 Å². The SMILES string of the molecule is NC(=O)c1c(O)c2cc(-c3ccc(F)cc3)cnc2n(CCN2CCOCC2)c1=O. The van der Waals surface area contributed by atoms with Crippen molar-refractivity contribution < 1.29 is 19.0 Å². The first-order valence-electron chi connectivity index (χ1n) is 9.57. The second kappa shape index (κ2) is 8.21. The van der Waals surface area contributed by atoms with E-state index in [0.717, 1.165) is 13.1 Å². The second-order valence-electron chi connectivity index (χ2n) is 7.10. The van der Waals surface area contributed by atoms with Crippen molar-refractivity contribution in [3.63, 3.8) is 0 Å². The molecule has 30 heavy (non-hydrogen) atoms. The van der Waals surface area contributed by atoms with Gasteiger partial charge in [-0.15, -0.1) is 0 Å². The van der Waals surface area contributed by atoms with E-state index < -0.39 is 22.8 Å². The predicted molar refractivity (Wildman–Crippen MR) is 109 cm³/mol. The van der Waals surface area contributed by atoms with E-state index in [-0.39, 0.29) is 23.4 Å². The van der Waals surface area contributed by atoms with E-state index in [9.17, 15) is 19.1 Å². The number of carbonyl (C=O) groups is 1. The zero-order chi connectivity index (χ0) is 21.3. The van der Waals surface area contributed by atoms with Crippen LogP contribution in [-0.4, -0.2) is 58.3 Å². The Hall–Kier alpha value is -3.30. The Kier molecular flexibility index (Phi) is 5.47. The lowest BCUT2D eigenvalue weighted by Gasteiger charge is -2.27. The molecule has 1 aliphatic heterocycles. The number of aromatic hydroxyl groups is 1. The Morgan fingerprint density at radius 1 is 1.17 bits per heavy atom. The van der Waals surface area contributed by atoms with Gasteiger partial charge in [0.15, 0.2) is 0 Å². The van der Waals surface area contributed by atoms with Crippen LogP contribution in [-0.2, 0) is 11.3 Å². The fraction of sp³-hybridized carbons (Fsp3) is 0.286. The maximum absolute atomic E-state index is 13.2. The third-order valence-corrected chi connectivity index (χ3v) is 5.24. The molecule has 9 heteroatoms. The van der Waals surface area contributed by atoms with E-state index in [4.69, 9.17) is 10.5 Å². The first kappa shape index (κ1) is 20.0. The fourth-order valence-electron chi connectivity index (χ4n) is 3.61. The minimum atomic E-state index is -1.01. The molecule has 1 aliphatic rings. The molecule has 1 saturated heterocycles.